The molecule has 1 aromatic heterocycles. The van der Waals surface area contributed by atoms with Crippen molar-refractivity contribution >= 4 is 17.6 Å². The van der Waals surface area contributed by atoms with Gasteiger partial charge in [0.2, 0.25) is 5.91 Å². The molecule has 0 spiro atoms. The van der Waals surface area contributed by atoms with Gasteiger partial charge in [0.15, 0.2) is 0 Å². The van der Waals surface area contributed by atoms with Gasteiger partial charge in [0.25, 0.3) is 0 Å². The second kappa shape index (κ2) is 4.56. The van der Waals surface area contributed by atoms with E-state index in [0.29, 0.717) is 4.68 Å². The van der Waals surface area contributed by atoms with Gasteiger partial charge in [-0.2, -0.15) is 18.3 Å². The number of carboxylic acids is 1. The number of anilines is 1. The average Bonchev–Trinajstić information content (AvgIpc) is 2.82. The molecule has 0 unspecified atom stereocenters. The molecule has 1 atom stereocenters. The summed E-state index contributed by atoms with van der Waals surface area (Å²) in [5.74, 6) is -2.36. The number of carboxylic acid groups (broad SMARTS) is 1. The van der Waals surface area contributed by atoms with Gasteiger partial charge in [-0.25, -0.2) is 0 Å². The highest BCUT2D eigenvalue weighted by Crippen LogP contribution is 2.25. The number of rotatable bonds is 3. The summed E-state index contributed by atoms with van der Waals surface area (Å²) < 4.78 is 37.1. The molecule has 9 heteroatoms. The number of nitrogens with zero attached hydrogens (tertiary/aromatic N) is 3. The third-order valence-electron chi connectivity index (χ3n) is 2.75. The van der Waals surface area contributed by atoms with Crippen LogP contribution in [-0.2, 0) is 16.1 Å². The minimum atomic E-state index is -4.40. The Morgan fingerprint density at radius 2 is 2.21 bits per heavy atom. The Morgan fingerprint density at radius 1 is 1.53 bits per heavy atom. The van der Waals surface area contributed by atoms with Crippen molar-refractivity contribution in [3.8, 4) is 0 Å². The molecule has 0 bridgehead atoms. The monoisotopic (exact) mass is 277 g/mol. The number of amides is 1. The standard InChI is InChI=1S/C10H10F3N3O3/c11-10(12,13)5-15-4-7(2-14-15)16-3-6(9(18)19)1-8(16)17/h2,4,6H,1,3,5H2,(H,18,19)/t6-/m1/s1. The molecular formula is C10H10F3N3O3. The molecule has 1 amide bonds. The lowest BCUT2D eigenvalue weighted by Crippen LogP contribution is -2.25. The molecule has 1 N–H and O–H groups in total. The van der Waals surface area contributed by atoms with Crippen LogP contribution in [0.5, 0.6) is 0 Å². The molecular weight excluding hydrogens is 267 g/mol. The Bertz CT molecular complexity index is 512. The van der Waals surface area contributed by atoms with Gasteiger partial charge in [-0.05, 0) is 0 Å². The summed E-state index contributed by atoms with van der Waals surface area (Å²) in [5, 5.41) is 12.3. The zero-order valence-electron chi connectivity index (χ0n) is 9.59. The lowest BCUT2D eigenvalue weighted by atomic mass is 10.1. The molecule has 0 aromatic carbocycles. The van der Waals surface area contributed by atoms with Gasteiger partial charge in [-0.15, -0.1) is 0 Å². The fourth-order valence-electron chi connectivity index (χ4n) is 1.88. The van der Waals surface area contributed by atoms with Crippen LogP contribution in [0.15, 0.2) is 12.4 Å². The van der Waals surface area contributed by atoms with Crippen LogP contribution >= 0.6 is 0 Å². The van der Waals surface area contributed by atoms with Crippen LogP contribution in [-0.4, -0.2) is 39.5 Å². The number of carbonyl (C=O) groups excluding carboxylic acids is 1. The summed E-state index contributed by atoms with van der Waals surface area (Å²) in [7, 11) is 0. The zero-order chi connectivity index (χ0) is 14.2. The summed E-state index contributed by atoms with van der Waals surface area (Å²) >= 11 is 0. The maximum atomic E-state index is 12.2. The lowest BCUT2D eigenvalue weighted by Gasteiger charge is -2.12. The van der Waals surface area contributed by atoms with Crippen LogP contribution in [0.4, 0.5) is 18.9 Å². The highest BCUT2D eigenvalue weighted by atomic mass is 19.4. The van der Waals surface area contributed by atoms with Crippen molar-refractivity contribution in [2.24, 2.45) is 5.92 Å². The Labute approximate surface area is 105 Å². The molecule has 1 aliphatic heterocycles. The number of hydrogen-bond donors (Lipinski definition) is 1. The van der Waals surface area contributed by atoms with E-state index in [9.17, 15) is 22.8 Å². The van der Waals surface area contributed by atoms with Crippen LogP contribution in [0.3, 0.4) is 0 Å². The highest BCUT2D eigenvalue weighted by Gasteiger charge is 2.36. The maximum absolute atomic E-state index is 12.2. The molecule has 104 valence electrons. The Hall–Kier alpha value is -2.06. The normalized spacial score (nSPS) is 20.1. The van der Waals surface area contributed by atoms with E-state index < -0.39 is 30.5 Å². The van der Waals surface area contributed by atoms with Gasteiger partial charge >= 0.3 is 12.1 Å². The summed E-state index contributed by atoms with van der Waals surface area (Å²) in [4.78, 5) is 23.5. The molecule has 1 saturated heterocycles. The van der Waals surface area contributed by atoms with Crippen molar-refractivity contribution in [2.45, 2.75) is 19.1 Å². The Balaban J connectivity index is 2.11. The van der Waals surface area contributed by atoms with Gasteiger partial charge in [0.1, 0.15) is 6.54 Å². The summed E-state index contributed by atoms with van der Waals surface area (Å²) in [6.07, 6.45) is -2.36. The molecule has 0 radical (unpaired) electrons. The molecule has 0 saturated carbocycles. The third kappa shape index (κ3) is 3.04. The van der Waals surface area contributed by atoms with E-state index in [1.807, 2.05) is 0 Å². The van der Waals surface area contributed by atoms with Gasteiger partial charge in [-0.1, -0.05) is 0 Å². The molecule has 19 heavy (non-hydrogen) atoms. The molecule has 2 heterocycles. The summed E-state index contributed by atoms with van der Waals surface area (Å²) in [6, 6.07) is 0. The second-order valence-corrected chi connectivity index (χ2v) is 4.25. The van der Waals surface area contributed by atoms with Gasteiger partial charge in [0.05, 0.1) is 17.8 Å². The van der Waals surface area contributed by atoms with E-state index in [1.54, 1.807) is 0 Å². The van der Waals surface area contributed by atoms with Crippen molar-refractivity contribution < 1.29 is 27.9 Å². The van der Waals surface area contributed by atoms with Gasteiger partial charge < -0.3 is 10.0 Å². The Morgan fingerprint density at radius 3 is 2.74 bits per heavy atom. The fourth-order valence-corrected chi connectivity index (χ4v) is 1.88. The van der Waals surface area contributed by atoms with E-state index in [4.69, 9.17) is 5.11 Å². The molecule has 1 aromatic rings. The largest absolute Gasteiger partial charge is 0.481 e. The van der Waals surface area contributed by atoms with E-state index in [-0.39, 0.29) is 18.7 Å². The first-order chi connectivity index (χ1) is 8.76. The van der Waals surface area contributed by atoms with Crippen molar-refractivity contribution in [3.63, 3.8) is 0 Å². The van der Waals surface area contributed by atoms with Crippen LogP contribution in [0.25, 0.3) is 0 Å². The van der Waals surface area contributed by atoms with Crippen molar-refractivity contribution in [1.29, 1.82) is 0 Å². The lowest BCUT2D eigenvalue weighted by molar-refractivity contribution is -0.143. The van der Waals surface area contributed by atoms with Crippen LogP contribution in [0.2, 0.25) is 0 Å². The first-order valence-electron chi connectivity index (χ1n) is 5.38. The Kier molecular flexibility index (Phi) is 3.21. The first kappa shape index (κ1) is 13.4. The second-order valence-electron chi connectivity index (χ2n) is 4.25. The predicted octanol–water partition coefficient (Wildman–Crippen LogP) is 0.883. The number of aromatic nitrogens is 2. The van der Waals surface area contributed by atoms with Gasteiger partial charge in [0, 0.05) is 19.2 Å². The average molecular weight is 277 g/mol. The van der Waals surface area contributed by atoms with Crippen molar-refractivity contribution in [2.75, 3.05) is 11.4 Å². The number of halogens is 3. The fraction of sp³-hybridized carbons (Fsp3) is 0.500. The molecule has 1 fully saturated rings. The van der Waals surface area contributed by atoms with Crippen LogP contribution in [0, 0.1) is 5.92 Å². The predicted molar refractivity (Wildman–Crippen MR) is 56.4 cm³/mol. The minimum Gasteiger partial charge on any atom is -0.481 e. The number of hydrogen-bond acceptors (Lipinski definition) is 3. The van der Waals surface area contributed by atoms with Crippen LogP contribution < -0.4 is 4.90 Å². The molecule has 2 rings (SSSR count). The van der Waals surface area contributed by atoms with Crippen molar-refractivity contribution in [3.05, 3.63) is 12.4 Å². The van der Waals surface area contributed by atoms with Crippen molar-refractivity contribution in [1.82, 2.24) is 9.78 Å². The SMILES string of the molecule is O=C(O)[C@@H]1CC(=O)N(c2cnn(CC(F)(F)F)c2)C1. The topological polar surface area (TPSA) is 75.4 Å². The number of aliphatic carboxylic acids is 1. The quantitative estimate of drug-likeness (QED) is 0.890. The highest BCUT2D eigenvalue weighted by molar-refractivity contribution is 5.98. The molecule has 0 aliphatic carbocycles. The van der Waals surface area contributed by atoms with E-state index in [2.05, 4.69) is 5.10 Å². The smallest absolute Gasteiger partial charge is 0.408 e. The van der Waals surface area contributed by atoms with E-state index in [0.717, 1.165) is 17.3 Å². The summed E-state index contributed by atoms with van der Waals surface area (Å²) in [5.41, 5.74) is 0.179. The number of alkyl halides is 3. The van der Waals surface area contributed by atoms with E-state index >= 15 is 0 Å². The molecule has 1 aliphatic rings. The maximum Gasteiger partial charge on any atom is 0.408 e. The summed E-state index contributed by atoms with van der Waals surface area (Å²) in [6.45, 7) is -1.30. The minimum absolute atomic E-state index is 0.0497. The first-order valence-corrected chi connectivity index (χ1v) is 5.38. The van der Waals surface area contributed by atoms with Crippen LogP contribution in [0.1, 0.15) is 6.42 Å². The third-order valence-corrected chi connectivity index (χ3v) is 2.75. The van der Waals surface area contributed by atoms with E-state index in [1.165, 1.54) is 0 Å². The molecule has 6 nitrogen and oxygen atoms in total. The van der Waals surface area contributed by atoms with Gasteiger partial charge in [-0.3, -0.25) is 14.3 Å². The zero-order valence-corrected chi connectivity index (χ0v) is 9.59. The number of carbonyl (C=O) groups is 2.